The molecule has 1 aliphatic rings. The monoisotopic (exact) mass is 445 g/mol. The maximum atomic E-state index is 13.2. The van der Waals surface area contributed by atoms with Crippen LogP contribution in [0, 0.1) is 0 Å². The van der Waals surface area contributed by atoms with E-state index in [9.17, 15) is 4.79 Å². The van der Waals surface area contributed by atoms with Crippen LogP contribution in [0.5, 0.6) is 0 Å². The SMILES string of the molecule is CCSc1ccccc1C(=O)N1CCN(c2ncnc3c2nnn3-c2ccccc2)CC1. The third-order valence-electron chi connectivity index (χ3n) is 5.50. The molecule has 9 heteroatoms. The summed E-state index contributed by atoms with van der Waals surface area (Å²) < 4.78 is 1.72. The van der Waals surface area contributed by atoms with Crippen LogP contribution in [0.2, 0.25) is 0 Å². The van der Waals surface area contributed by atoms with Gasteiger partial charge >= 0.3 is 0 Å². The van der Waals surface area contributed by atoms with Gasteiger partial charge < -0.3 is 9.80 Å². The summed E-state index contributed by atoms with van der Waals surface area (Å²) in [6.45, 7) is 4.71. The molecule has 162 valence electrons. The topological polar surface area (TPSA) is 80.0 Å². The van der Waals surface area contributed by atoms with Crippen LogP contribution < -0.4 is 4.90 Å². The first kappa shape index (κ1) is 20.4. The van der Waals surface area contributed by atoms with Gasteiger partial charge in [0.2, 0.25) is 0 Å². The summed E-state index contributed by atoms with van der Waals surface area (Å²) in [5.74, 6) is 1.78. The molecule has 0 bridgehead atoms. The molecule has 1 amide bonds. The second kappa shape index (κ2) is 8.96. The van der Waals surface area contributed by atoms with Crippen molar-refractivity contribution in [1.29, 1.82) is 0 Å². The quantitative estimate of drug-likeness (QED) is 0.436. The second-order valence-electron chi connectivity index (χ2n) is 7.41. The lowest BCUT2D eigenvalue weighted by Gasteiger charge is -2.35. The van der Waals surface area contributed by atoms with Crippen molar-refractivity contribution < 1.29 is 4.79 Å². The Balaban J connectivity index is 1.35. The van der Waals surface area contributed by atoms with Crippen molar-refractivity contribution in [3.8, 4) is 5.69 Å². The number of carbonyl (C=O) groups excluding carboxylic acids is 1. The van der Waals surface area contributed by atoms with Gasteiger partial charge in [0.25, 0.3) is 5.91 Å². The van der Waals surface area contributed by atoms with E-state index in [4.69, 9.17) is 0 Å². The predicted molar refractivity (Wildman–Crippen MR) is 125 cm³/mol. The third-order valence-corrected chi connectivity index (χ3v) is 6.46. The van der Waals surface area contributed by atoms with Gasteiger partial charge in [0, 0.05) is 31.1 Å². The molecule has 0 spiro atoms. The van der Waals surface area contributed by atoms with Crippen LogP contribution in [0.25, 0.3) is 16.9 Å². The van der Waals surface area contributed by atoms with E-state index in [1.165, 1.54) is 0 Å². The molecule has 8 nitrogen and oxygen atoms in total. The Bertz CT molecular complexity index is 1240. The molecule has 2 aromatic carbocycles. The zero-order chi connectivity index (χ0) is 21.9. The normalized spacial score (nSPS) is 14.2. The second-order valence-corrected chi connectivity index (χ2v) is 8.72. The number of hydrogen-bond acceptors (Lipinski definition) is 7. The molecule has 0 atom stereocenters. The zero-order valence-corrected chi connectivity index (χ0v) is 18.6. The van der Waals surface area contributed by atoms with E-state index in [-0.39, 0.29) is 5.91 Å². The molecule has 1 fully saturated rings. The molecule has 32 heavy (non-hydrogen) atoms. The Hall–Kier alpha value is -3.46. The summed E-state index contributed by atoms with van der Waals surface area (Å²) in [4.78, 5) is 27.2. The van der Waals surface area contributed by atoms with Crippen LogP contribution in [0.4, 0.5) is 5.82 Å². The van der Waals surface area contributed by atoms with E-state index in [2.05, 4.69) is 32.1 Å². The van der Waals surface area contributed by atoms with Crippen molar-refractivity contribution in [2.24, 2.45) is 0 Å². The molecule has 3 heterocycles. The van der Waals surface area contributed by atoms with Gasteiger partial charge in [0.15, 0.2) is 17.0 Å². The standard InChI is InChI=1S/C23H23N7OS/c1-2-32-19-11-7-6-10-18(19)23(31)29-14-12-28(13-15-29)21-20-22(25-16-24-21)30(27-26-20)17-8-4-3-5-9-17/h3-11,16H,2,12-15H2,1H3. The zero-order valence-electron chi connectivity index (χ0n) is 17.8. The fraction of sp³-hybridized carbons (Fsp3) is 0.261. The third kappa shape index (κ3) is 3.80. The fourth-order valence-corrected chi connectivity index (χ4v) is 4.72. The Labute approximate surface area is 190 Å². The van der Waals surface area contributed by atoms with E-state index in [1.54, 1.807) is 22.8 Å². The average molecular weight is 446 g/mol. The first-order chi connectivity index (χ1) is 15.8. The number of amides is 1. The smallest absolute Gasteiger partial charge is 0.255 e. The van der Waals surface area contributed by atoms with Crippen LogP contribution in [0.3, 0.4) is 0 Å². The van der Waals surface area contributed by atoms with Gasteiger partial charge in [0.1, 0.15) is 6.33 Å². The van der Waals surface area contributed by atoms with Crippen molar-refractivity contribution in [3.63, 3.8) is 0 Å². The number of benzene rings is 2. The Morgan fingerprint density at radius 1 is 0.969 bits per heavy atom. The van der Waals surface area contributed by atoms with Gasteiger partial charge in [-0.25, -0.2) is 9.97 Å². The number of piperazine rings is 1. The Morgan fingerprint density at radius 2 is 1.72 bits per heavy atom. The van der Waals surface area contributed by atoms with Gasteiger partial charge in [-0.15, -0.1) is 16.9 Å². The van der Waals surface area contributed by atoms with Crippen LogP contribution in [-0.4, -0.2) is 67.7 Å². The molecular weight excluding hydrogens is 422 g/mol. The highest BCUT2D eigenvalue weighted by atomic mass is 32.2. The highest BCUT2D eigenvalue weighted by Crippen LogP contribution is 2.26. The number of rotatable bonds is 5. The number of carbonyl (C=O) groups is 1. The van der Waals surface area contributed by atoms with E-state index in [1.807, 2.05) is 59.5 Å². The van der Waals surface area contributed by atoms with E-state index < -0.39 is 0 Å². The summed E-state index contributed by atoms with van der Waals surface area (Å²) in [7, 11) is 0. The summed E-state index contributed by atoms with van der Waals surface area (Å²) in [5, 5.41) is 8.67. The molecule has 1 saturated heterocycles. The van der Waals surface area contributed by atoms with Crippen LogP contribution in [0.15, 0.2) is 65.8 Å². The van der Waals surface area contributed by atoms with Crippen molar-refractivity contribution in [2.75, 3.05) is 36.8 Å². The summed E-state index contributed by atoms with van der Waals surface area (Å²) in [5.41, 5.74) is 3.02. The molecule has 0 saturated carbocycles. The Kier molecular flexibility index (Phi) is 5.72. The molecule has 1 aliphatic heterocycles. The minimum absolute atomic E-state index is 0.0871. The molecule has 0 radical (unpaired) electrons. The first-order valence-corrected chi connectivity index (χ1v) is 11.6. The summed E-state index contributed by atoms with van der Waals surface area (Å²) >= 11 is 1.70. The number of anilines is 1. The van der Waals surface area contributed by atoms with Gasteiger partial charge in [-0.3, -0.25) is 4.79 Å². The van der Waals surface area contributed by atoms with Gasteiger partial charge in [-0.05, 0) is 30.0 Å². The molecular formula is C23H23N7OS. The molecule has 5 rings (SSSR count). The minimum Gasteiger partial charge on any atom is -0.351 e. The van der Waals surface area contributed by atoms with Crippen LogP contribution in [-0.2, 0) is 0 Å². The molecule has 0 aliphatic carbocycles. The van der Waals surface area contributed by atoms with Crippen LogP contribution >= 0.6 is 11.8 Å². The van der Waals surface area contributed by atoms with Crippen molar-refractivity contribution in [1.82, 2.24) is 29.9 Å². The van der Waals surface area contributed by atoms with Crippen molar-refractivity contribution in [2.45, 2.75) is 11.8 Å². The largest absolute Gasteiger partial charge is 0.351 e. The molecule has 4 aromatic rings. The van der Waals surface area contributed by atoms with Gasteiger partial charge in [0.05, 0.1) is 11.3 Å². The maximum absolute atomic E-state index is 13.2. The van der Waals surface area contributed by atoms with Crippen molar-refractivity contribution in [3.05, 3.63) is 66.5 Å². The van der Waals surface area contributed by atoms with Gasteiger partial charge in [-0.1, -0.05) is 42.5 Å². The minimum atomic E-state index is 0.0871. The molecule has 0 unspecified atom stereocenters. The number of aromatic nitrogens is 5. The number of nitrogens with zero attached hydrogens (tertiary/aromatic N) is 7. The number of thioether (sulfide) groups is 1. The van der Waals surface area contributed by atoms with E-state index in [0.717, 1.165) is 27.7 Å². The summed E-state index contributed by atoms with van der Waals surface area (Å²) in [6, 6.07) is 17.7. The predicted octanol–water partition coefficient (Wildman–Crippen LogP) is 3.28. The number of fused-ring (bicyclic) bond motifs is 1. The molecule has 0 N–H and O–H groups in total. The highest BCUT2D eigenvalue weighted by Gasteiger charge is 2.26. The highest BCUT2D eigenvalue weighted by molar-refractivity contribution is 7.99. The van der Waals surface area contributed by atoms with Gasteiger partial charge in [-0.2, -0.15) is 4.68 Å². The van der Waals surface area contributed by atoms with E-state index >= 15 is 0 Å². The fourth-order valence-electron chi connectivity index (χ4n) is 3.93. The average Bonchev–Trinajstić information content (AvgIpc) is 3.29. The number of hydrogen-bond donors (Lipinski definition) is 0. The first-order valence-electron chi connectivity index (χ1n) is 10.6. The lowest BCUT2D eigenvalue weighted by Crippen LogP contribution is -2.49. The molecule has 2 aromatic heterocycles. The number of para-hydroxylation sites is 1. The van der Waals surface area contributed by atoms with Crippen molar-refractivity contribution >= 4 is 34.7 Å². The lowest BCUT2D eigenvalue weighted by molar-refractivity contribution is 0.0743. The maximum Gasteiger partial charge on any atom is 0.255 e. The van der Waals surface area contributed by atoms with Crippen LogP contribution in [0.1, 0.15) is 17.3 Å². The lowest BCUT2D eigenvalue weighted by atomic mass is 10.2. The summed E-state index contributed by atoms with van der Waals surface area (Å²) in [6.07, 6.45) is 1.55. The Morgan fingerprint density at radius 3 is 2.50 bits per heavy atom. The van der Waals surface area contributed by atoms with E-state index in [0.29, 0.717) is 37.3 Å².